The summed E-state index contributed by atoms with van der Waals surface area (Å²) < 4.78 is 35.4. The van der Waals surface area contributed by atoms with Crippen molar-refractivity contribution in [3.63, 3.8) is 0 Å². The fraction of sp³-hybridized carbons (Fsp3) is 0.120. The first-order chi connectivity index (χ1) is 17.9. The Balaban J connectivity index is 1.57. The second kappa shape index (κ2) is 9.16. The Bertz CT molecular complexity index is 1760. The van der Waals surface area contributed by atoms with Crippen molar-refractivity contribution in [1.82, 2.24) is 25.3 Å². The molecule has 0 saturated carbocycles. The van der Waals surface area contributed by atoms with E-state index in [0.29, 0.717) is 17.7 Å². The van der Waals surface area contributed by atoms with E-state index >= 15 is 0 Å². The van der Waals surface area contributed by atoms with Crippen molar-refractivity contribution >= 4 is 37.3 Å². The minimum atomic E-state index is -4.02. The van der Waals surface area contributed by atoms with Crippen molar-refractivity contribution in [2.45, 2.75) is 17.7 Å². The van der Waals surface area contributed by atoms with Crippen LogP contribution in [-0.2, 0) is 16.6 Å². The van der Waals surface area contributed by atoms with E-state index in [4.69, 9.17) is 4.74 Å². The molecule has 10 nitrogen and oxygen atoms in total. The average molecular weight is 533 g/mol. The number of nitrogens with one attached hydrogen (secondary N) is 2. The van der Waals surface area contributed by atoms with Gasteiger partial charge in [0.2, 0.25) is 5.88 Å². The smallest absolute Gasteiger partial charge is 0.262 e. The van der Waals surface area contributed by atoms with Gasteiger partial charge in [-0.2, -0.15) is 0 Å². The third-order valence-electron chi connectivity index (χ3n) is 5.94. The number of ether oxygens (including phenoxy) is 1. The zero-order valence-electron chi connectivity index (χ0n) is 19.4. The number of pyridine rings is 2. The van der Waals surface area contributed by atoms with Crippen LogP contribution in [0, 0.1) is 0 Å². The maximum Gasteiger partial charge on any atom is 0.262 e. The van der Waals surface area contributed by atoms with E-state index in [1.54, 1.807) is 36.8 Å². The predicted molar refractivity (Wildman–Crippen MR) is 139 cm³/mol. The Hall–Kier alpha value is -3.97. The first kappa shape index (κ1) is 23.4. The molecule has 5 aromatic rings. The molecule has 0 saturated heterocycles. The van der Waals surface area contributed by atoms with E-state index in [0.717, 1.165) is 31.9 Å². The third kappa shape index (κ3) is 4.40. The number of anilines is 1. The molecule has 0 aliphatic carbocycles. The first-order valence-corrected chi connectivity index (χ1v) is 13.5. The number of nitrogens with zero attached hydrogens (tertiary/aromatic N) is 4. The van der Waals surface area contributed by atoms with E-state index in [2.05, 4.69) is 30.0 Å². The molecule has 12 heteroatoms. The van der Waals surface area contributed by atoms with Gasteiger partial charge in [-0.25, -0.2) is 23.4 Å². The average Bonchev–Trinajstić information content (AvgIpc) is 3.36. The molecule has 0 amide bonds. The number of hydrogen-bond acceptors (Lipinski definition) is 10. The van der Waals surface area contributed by atoms with Crippen molar-refractivity contribution in [3.05, 3.63) is 78.5 Å². The summed E-state index contributed by atoms with van der Waals surface area (Å²) >= 11 is 1.47. The highest BCUT2D eigenvalue weighted by Crippen LogP contribution is 2.39. The highest BCUT2D eigenvalue weighted by Gasteiger charge is 2.21. The predicted octanol–water partition coefficient (Wildman–Crippen LogP) is 3.72. The molecule has 1 unspecified atom stereocenters. The lowest BCUT2D eigenvalue weighted by Crippen LogP contribution is -2.21. The van der Waals surface area contributed by atoms with Crippen molar-refractivity contribution < 1.29 is 18.3 Å². The highest BCUT2D eigenvalue weighted by atomic mass is 32.2. The summed E-state index contributed by atoms with van der Waals surface area (Å²) in [6.07, 6.45) is 5.46. The molecular weight excluding hydrogens is 512 g/mol. The lowest BCUT2D eigenvalue weighted by Gasteiger charge is -2.16. The molecule has 5 heterocycles. The molecule has 1 aliphatic rings. The van der Waals surface area contributed by atoms with E-state index < -0.39 is 16.3 Å². The third-order valence-corrected chi connectivity index (χ3v) is 8.48. The standard InChI is InChI=1S/C25H20N6O4S2/c1-35-25-20-7-16(12-28-25)21-8-19-23(36-21)22(30-13-29-19)17-5-14(9-26-11-17)10-27-24(32)15-3-2-4-18(6-15)37(33,34)31-20/h2-9,11-13,24,27,31-32H,10H2,1H3. The van der Waals surface area contributed by atoms with Gasteiger partial charge in [0, 0.05) is 41.1 Å². The number of fused-ring (bicyclic) bond motifs is 9. The number of benzene rings is 1. The Labute approximate surface area is 216 Å². The van der Waals surface area contributed by atoms with Crippen LogP contribution in [-0.4, -0.2) is 40.6 Å². The fourth-order valence-electron chi connectivity index (χ4n) is 4.13. The summed E-state index contributed by atoms with van der Waals surface area (Å²) in [4.78, 5) is 18.5. The lowest BCUT2D eigenvalue weighted by atomic mass is 10.1. The molecule has 0 fully saturated rings. The van der Waals surface area contributed by atoms with Crippen molar-refractivity contribution in [2.75, 3.05) is 11.8 Å². The SMILES string of the molecule is COc1ncc2cc1NS(=O)(=O)c1cccc(c1)C(O)NCc1cncc(c1)-c1ncnc3cc-2sc13. The summed E-state index contributed by atoms with van der Waals surface area (Å²) in [6, 6.07) is 11.7. The van der Waals surface area contributed by atoms with Crippen LogP contribution in [0.1, 0.15) is 17.4 Å². The normalized spacial score (nSPS) is 16.5. The van der Waals surface area contributed by atoms with Crippen LogP contribution in [0.5, 0.6) is 5.88 Å². The molecule has 3 N–H and O–H groups in total. The minimum absolute atomic E-state index is 0.00938. The van der Waals surface area contributed by atoms with E-state index in [9.17, 15) is 13.5 Å². The molecule has 8 bridgehead atoms. The van der Waals surface area contributed by atoms with Crippen molar-refractivity contribution in [3.8, 4) is 27.6 Å². The van der Waals surface area contributed by atoms with E-state index in [-0.39, 0.29) is 16.5 Å². The molecule has 0 spiro atoms. The topological polar surface area (TPSA) is 139 Å². The van der Waals surface area contributed by atoms with Gasteiger partial charge >= 0.3 is 0 Å². The Morgan fingerprint density at radius 2 is 1.95 bits per heavy atom. The lowest BCUT2D eigenvalue weighted by molar-refractivity contribution is 0.137. The van der Waals surface area contributed by atoms with Crippen LogP contribution in [0.25, 0.3) is 31.9 Å². The van der Waals surface area contributed by atoms with Gasteiger partial charge in [0.15, 0.2) is 0 Å². The van der Waals surface area contributed by atoms with Gasteiger partial charge in [-0.3, -0.25) is 15.0 Å². The second-order valence-corrected chi connectivity index (χ2v) is 11.1. The van der Waals surface area contributed by atoms with Crippen LogP contribution in [0.3, 0.4) is 0 Å². The van der Waals surface area contributed by atoms with Crippen molar-refractivity contribution in [2.24, 2.45) is 0 Å². The monoisotopic (exact) mass is 532 g/mol. The summed E-state index contributed by atoms with van der Waals surface area (Å²) in [5.41, 5.74) is 4.40. The van der Waals surface area contributed by atoms with Crippen LogP contribution in [0.2, 0.25) is 0 Å². The molecule has 1 aromatic carbocycles. The van der Waals surface area contributed by atoms with E-state index in [1.807, 2.05) is 12.1 Å². The van der Waals surface area contributed by atoms with Gasteiger partial charge in [-0.05, 0) is 41.5 Å². The molecule has 186 valence electrons. The Morgan fingerprint density at radius 1 is 1.05 bits per heavy atom. The van der Waals surface area contributed by atoms with Crippen LogP contribution < -0.4 is 14.8 Å². The summed E-state index contributed by atoms with van der Waals surface area (Å²) in [6.45, 7) is 0.300. The zero-order valence-corrected chi connectivity index (χ0v) is 21.0. The van der Waals surface area contributed by atoms with Gasteiger partial charge < -0.3 is 9.84 Å². The van der Waals surface area contributed by atoms with Crippen LogP contribution in [0.4, 0.5) is 5.69 Å². The number of aromatic nitrogens is 4. The first-order valence-electron chi connectivity index (χ1n) is 11.2. The minimum Gasteiger partial charge on any atom is -0.480 e. The summed E-state index contributed by atoms with van der Waals surface area (Å²) in [5, 5.41) is 13.8. The van der Waals surface area contributed by atoms with E-state index in [1.165, 1.54) is 36.9 Å². The number of aliphatic hydroxyl groups is 1. The zero-order chi connectivity index (χ0) is 25.6. The van der Waals surface area contributed by atoms with Gasteiger partial charge in [0.05, 0.1) is 27.9 Å². The van der Waals surface area contributed by atoms with Crippen LogP contribution in [0.15, 0.2) is 72.3 Å². The van der Waals surface area contributed by atoms with Crippen molar-refractivity contribution in [1.29, 1.82) is 0 Å². The molecule has 1 atom stereocenters. The molecular formula is C25H20N6O4S2. The van der Waals surface area contributed by atoms with Crippen LogP contribution >= 0.6 is 11.3 Å². The molecule has 37 heavy (non-hydrogen) atoms. The second-order valence-electron chi connectivity index (χ2n) is 8.37. The summed E-state index contributed by atoms with van der Waals surface area (Å²) in [5.74, 6) is 0.129. The Morgan fingerprint density at radius 3 is 2.81 bits per heavy atom. The molecule has 4 aromatic heterocycles. The number of thiophene rings is 1. The quantitative estimate of drug-likeness (QED) is 0.295. The maximum absolute atomic E-state index is 13.3. The fourth-order valence-corrected chi connectivity index (χ4v) is 6.33. The maximum atomic E-state index is 13.3. The van der Waals surface area contributed by atoms with Gasteiger partial charge in [-0.1, -0.05) is 12.1 Å². The highest BCUT2D eigenvalue weighted by molar-refractivity contribution is 7.92. The molecule has 1 aliphatic heterocycles. The molecule has 0 radical (unpaired) electrons. The van der Waals surface area contributed by atoms with Gasteiger partial charge in [0.25, 0.3) is 10.0 Å². The summed E-state index contributed by atoms with van der Waals surface area (Å²) in [7, 11) is -2.60. The number of hydrogen-bond donors (Lipinski definition) is 3. The number of methoxy groups -OCH3 is 1. The molecule has 6 rings (SSSR count). The number of aliphatic hydroxyl groups excluding tert-OH is 1. The van der Waals surface area contributed by atoms with Gasteiger partial charge in [0.1, 0.15) is 18.2 Å². The number of rotatable bonds is 1. The van der Waals surface area contributed by atoms with Gasteiger partial charge in [-0.15, -0.1) is 11.3 Å². The largest absolute Gasteiger partial charge is 0.480 e. The number of sulfonamides is 1. The Kier molecular flexibility index (Phi) is 5.80.